The third-order valence-corrected chi connectivity index (χ3v) is 3.06. The van der Waals surface area contributed by atoms with E-state index in [0.29, 0.717) is 0 Å². The summed E-state index contributed by atoms with van der Waals surface area (Å²) < 4.78 is 5.78. The van der Waals surface area contributed by atoms with Crippen molar-refractivity contribution in [2.75, 3.05) is 7.11 Å². The Morgan fingerprint density at radius 1 is 1.40 bits per heavy atom. The zero-order valence-electron chi connectivity index (χ0n) is 9.43. The molecule has 2 nitrogen and oxygen atoms in total. The molecule has 3 heteroatoms. The van der Waals surface area contributed by atoms with Crippen LogP contribution in [0, 0.1) is 6.92 Å². The quantitative estimate of drug-likeness (QED) is 0.772. The van der Waals surface area contributed by atoms with Crippen LogP contribution in [0.2, 0.25) is 0 Å². The topological polar surface area (TPSA) is 26.3 Å². The van der Waals surface area contributed by atoms with E-state index in [4.69, 9.17) is 4.74 Å². The number of methoxy groups -OCH3 is 1. The Morgan fingerprint density at radius 3 is 2.53 bits per heavy atom. The van der Waals surface area contributed by atoms with Gasteiger partial charge in [0, 0.05) is 4.47 Å². The molecule has 0 aliphatic rings. The summed E-state index contributed by atoms with van der Waals surface area (Å²) in [6.45, 7) is 5.73. The van der Waals surface area contributed by atoms with Gasteiger partial charge in [0.1, 0.15) is 0 Å². The molecule has 1 aromatic carbocycles. The minimum absolute atomic E-state index is 0.219. The summed E-state index contributed by atoms with van der Waals surface area (Å²) in [4.78, 5) is 11.7. The highest BCUT2D eigenvalue weighted by Gasteiger charge is 2.32. The van der Waals surface area contributed by atoms with Gasteiger partial charge < -0.3 is 4.74 Å². The molecule has 0 bridgehead atoms. The van der Waals surface area contributed by atoms with E-state index in [1.165, 1.54) is 7.11 Å². The van der Waals surface area contributed by atoms with E-state index in [0.717, 1.165) is 15.6 Å². The molecule has 0 fully saturated rings. The standard InChI is InChI=1S/C12H15BrO2/c1-8-5-6-9(13)7-10(8)12(2,3)11(14)15-4/h5-7H,1-4H3. The molecule has 0 aliphatic carbocycles. The Hall–Kier alpha value is -0.830. The molecule has 0 unspecified atom stereocenters. The van der Waals surface area contributed by atoms with Crippen LogP contribution in [0.3, 0.4) is 0 Å². The molecule has 0 heterocycles. The number of benzene rings is 1. The molecule has 82 valence electrons. The number of hydrogen-bond acceptors (Lipinski definition) is 2. The van der Waals surface area contributed by atoms with Crippen LogP contribution >= 0.6 is 15.9 Å². The van der Waals surface area contributed by atoms with Crippen molar-refractivity contribution in [3.05, 3.63) is 33.8 Å². The average molecular weight is 271 g/mol. The second-order valence-electron chi connectivity index (χ2n) is 4.08. The van der Waals surface area contributed by atoms with Crippen LogP contribution in [0.4, 0.5) is 0 Å². The molecule has 0 aromatic heterocycles. The Labute approximate surface area is 98.8 Å². The zero-order chi connectivity index (χ0) is 11.6. The first-order chi connectivity index (χ1) is 6.89. The zero-order valence-corrected chi connectivity index (χ0v) is 11.0. The number of carbonyl (C=O) groups is 1. The lowest BCUT2D eigenvalue weighted by Crippen LogP contribution is -2.31. The fourth-order valence-electron chi connectivity index (χ4n) is 1.63. The predicted molar refractivity (Wildman–Crippen MR) is 63.9 cm³/mol. The van der Waals surface area contributed by atoms with E-state index >= 15 is 0 Å². The second-order valence-corrected chi connectivity index (χ2v) is 4.99. The van der Waals surface area contributed by atoms with Crippen LogP contribution in [-0.4, -0.2) is 13.1 Å². The Kier molecular flexibility index (Phi) is 3.55. The van der Waals surface area contributed by atoms with E-state index in [2.05, 4.69) is 15.9 Å². The van der Waals surface area contributed by atoms with Crippen LogP contribution in [0.25, 0.3) is 0 Å². The van der Waals surface area contributed by atoms with Crippen LogP contribution in [-0.2, 0) is 14.9 Å². The van der Waals surface area contributed by atoms with Crippen molar-refractivity contribution in [3.8, 4) is 0 Å². The van der Waals surface area contributed by atoms with Crippen molar-refractivity contribution < 1.29 is 9.53 Å². The van der Waals surface area contributed by atoms with E-state index in [1.54, 1.807) is 0 Å². The highest BCUT2D eigenvalue weighted by atomic mass is 79.9. The molecule has 0 spiro atoms. The molecular formula is C12H15BrO2. The minimum Gasteiger partial charge on any atom is -0.468 e. The number of aryl methyl sites for hydroxylation is 1. The number of ether oxygens (including phenoxy) is 1. The number of rotatable bonds is 2. The van der Waals surface area contributed by atoms with Gasteiger partial charge in [-0.1, -0.05) is 22.0 Å². The molecule has 0 saturated carbocycles. The van der Waals surface area contributed by atoms with Gasteiger partial charge in [-0.2, -0.15) is 0 Å². The maximum atomic E-state index is 11.7. The summed E-state index contributed by atoms with van der Waals surface area (Å²) in [5.41, 5.74) is 1.47. The first-order valence-electron chi connectivity index (χ1n) is 4.74. The van der Waals surface area contributed by atoms with Gasteiger partial charge in [-0.15, -0.1) is 0 Å². The largest absolute Gasteiger partial charge is 0.468 e. The summed E-state index contributed by atoms with van der Waals surface area (Å²) in [5.74, 6) is -0.219. The third kappa shape index (κ3) is 2.40. The summed E-state index contributed by atoms with van der Waals surface area (Å²) in [5, 5.41) is 0. The molecular weight excluding hydrogens is 256 g/mol. The molecule has 1 rings (SSSR count). The Morgan fingerprint density at radius 2 is 2.00 bits per heavy atom. The maximum absolute atomic E-state index is 11.7. The molecule has 0 N–H and O–H groups in total. The highest BCUT2D eigenvalue weighted by molar-refractivity contribution is 9.10. The molecule has 15 heavy (non-hydrogen) atoms. The number of halogens is 1. The van der Waals surface area contributed by atoms with Gasteiger partial charge in [0.15, 0.2) is 0 Å². The number of esters is 1. The smallest absolute Gasteiger partial charge is 0.315 e. The van der Waals surface area contributed by atoms with Crippen molar-refractivity contribution in [2.45, 2.75) is 26.2 Å². The van der Waals surface area contributed by atoms with Crippen LogP contribution in [0.15, 0.2) is 22.7 Å². The normalized spacial score (nSPS) is 11.3. The lowest BCUT2D eigenvalue weighted by molar-refractivity contribution is -0.146. The molecule has 1 aromatic rings. The molecule has 0 aliphatic heterocycles. The molecule has 0 saturated heterocycles. The lowest BCUT2D eigenvalue weighted by atomic mass is 9.82. The Bertz CT molecular complexity index is 383. The van der Waals surface area contributed by atoms with Gasteiger partial charge in [-0.25, -0.2) is 0 Å². The Balaban J connectivity index is 3.25. The number of hydrogen-bond donors (Lipinski definition) is 0. The fraction of sp³-hybridized carbons (Fsp3) is 0.417. The second kappa shape index (κ2) is 4.35. The fourth-order valence-corrected chi connectivity index (χ4v) is 1.99. The van der Waals surface area contributed by atoms with E-state index in [1.807, 2.05) is 39.0 Å². The van der Waals surface area contributed by atoms with Crippen molar-refractivity contribution in [1.29, 1.82) is 0 Å². The van der Waals surface area contributed by atoms with Crippen LogP contribution in [0.1, 0.15) is 25.0 Å². The molecule has 0 radical (unpaired) electrons. The SMILES string of the molecule is COC(=O)C(C)(C)c1cc(Br)ccc1C. The molecule has 0 atom stereocenters. The summed E-state index contributed by atoms with van der Waals surface area (Å²) in [6, 6.07) is 5.92. The van der Waals surface area contributed by atoms with Crippen LogP contribution < -0.4 is 0 Å². The monoisotopic (exact) mass is 270 g/mol. The summed E-state index contributed by atoms with van der Waals surface area (Å²) in [7, 11) is 1.41. The third-order valence-electron chi connectivity index (χ3n) is 2.57. The first-order valence-corrected chi connectivity index (χ1v) is 5.54. The number of carbonyl (C=O) groups excluding carboxylic acids is 1. The van der Waals surface area contributed by atoms with Gasteiger partial charge in [-0.3, -0.25) is 4.79 Å². The van der Waals surface area contributed by atoms with E-state index in [9.17, 15) is 4.79 Å². The summed E-state index contributed by atoms with van der Waals surface area (Å²) in [6.07, 6.45) is 0. The van der Waals surface area contributed by atoms with Crippen molar-refractivity contribution in [3.63, 3.8) is 0 Å². The highest BCUT2D eigenvalue weighted by Crippen LogP contribution is 2.29. The predicted octanol–water partition coefficient (Wildman–Crippen LogP) is 3.21. The van der Waals surface area contributed by atoms with Gasteiger partial charge in [-0.05, 0) is 44.0 Å². The minimum atomic E-state index is -0.609. The van der Waals surface area contributed by atoms with Crippen molar-refractivity contribution in [2.24, 2.45) is 0 Å². The van der Waals surface area contributed by atoms with Gasteiger partial charge in [0.05, 0.1) is 12.5 Å². The average Bonchev–Trinajstić information content (AvgIpc) is 2.20. The molecule has 0 amide bonds. The summed E-state index contributed by atoms with van der Waals surface area (Å²) >= 11 is 3.41. The lowest BCUT2D eigenvalue weighted by Gasteiger charge is -2.24. The van der Waals surface area contributed by atoms with Crippen molar-refractivity contribution in [1.82, 2.24) is 0 Å². The van der Waals surface area contributed by atoms with Gasteiger partial charge in [0.2, 0.25) is 0 Å². The van der Waals surface area contributed by atoms with E-state index in [-0.39, 0.29) is 5.97 Å². The van der Waals surface area contributed by atoms with Crippen molar-refractivity contribution >= 4 is 21.9 Å². The van der Waals surface area contributed by atoms with Crippen LogP contribution in [0.5, 0.6) is 0 Å². The van der Waals surface area contributed by atoms with E-state index < -0.39 is 5.41 Å². The maximum Gasteiger partial charge on any atom is 0.315 e. The van der Waals surface area contributed by atoms with Gasteiger partial charge in [0.25, 0.3) is 0 Å². The first kappa shape index (κ1) is 12.2. The van der Waals surface area contributed by atoms with Gasteiger partial charge >= 0.3 is 5.97 Å².